The van der Waals surface area contributed by atoms with Crippen LogP contribution < -0.4 is 5.32 Å². The van der Waals surface area contributed by atoms with E-state index in [9.17, 15) is 13.2 Å². The van der Waals surface area contributed by atoms with Crippen LogP contribution in [0.4, 0.5) is 13.2 Å². The van der Waals surface area contributed by atoms with Gasteiger partial charge in [0.25, 0.3) is 0 Å². The van der Waals surface area contributed by atoms with Crippen LogP contribution in [0.15, 0.2) is 35.7 Å². The highest BCUT2D eigenvalue weighted by molar-refractivity contribution is 7.14. The normalized spacial score (nSPS) is 13.4. The zero-order chi connectivity index (χ0) is 14.8. The number of hydrogen-bond acceptors (Lipinski definition) is 2. The second-order valence-electron chi connectivity index (χ2n) is 4.48. The quantitative estimate of drug-likeness (QED) is 0.809. The Labute approximate surface area is 124 Å². The van der Waals surface area contributed by atoms with Crippen molar-refractivity contribution in [1.29, 1.82) is 0 Å². The van der Waals surface area contributed by atoms with Crippen LogP contribution in [0.3, 0.4) is 0 Å². The van der Waals surface area contributed by atoms with E-state index >= 15 is 0 Å². The minimum atomic E-state index is -4.30. The molecule has 2 aromatic rings. The van der Waals surface area contributed by atoms with Crippen molar-refractivity contribution >= 4 is 22.9 Å². The van der Waals surface area contributed by atoms with Gasteiger partial charge in [-0.1, -0.05) is 29.8 Å². The minimum absolute atomic E-state index is 0.0355. The summed E-state index contributed by atoms with van der Waals surface area (Å²) in [5.74, 6) is 0. The number of hydrogen-bond donors (Lipinski definition) is 1. The molecule has 0 saturated carbocycles. The van der Waals surface area contributed by atoms with Crippen molar-refractivity contribution in [2.45, 2.75) is 25.7 Å². The van der Waals surface area contributed by atoms with Gasteiger partial charge in [-0.15, -0.1) is 11.3 Å². The van der Waals surface area contributed by atoms with Gasteiger partial charge in [0.1, 0.15) is 0 Å². The molecule has 0 fully saturated rings. The van der Waals surface area contributed by atoms with Crippen LogP contribution in [0.2, 0.25) is 4.34 Å². The molecular weight excluding hydrogens is 307 g/mol. The predicted molar refractivity (Wildman–Crippen MR) is 76.0 cm³/mol. The van der Waals surface area contributed by atoms with E-state index in [4.69, 9.17) is 11.6 Å². The monoisotopic (exact) mass is 319 g/mol. The molecule has 0 spiro atoms. The Kier molecular flexibility index (Phi) is 4.73. The van der Waals surface area contributed by atoms with Gasteiger partial charge in [-0.2, -0.15) is 13.2 Å². The van der Waals surface area contributed by atoms with Crippen molar-refractivity contribution in [2.24, 2.45) is 0 Å². The minimum Gasteiger partial charge on any atom is -0.306 e. The zero-order valence-corrected chi connectivity index (χ0v) is 12.2. The van der Waals surface area contributed by atoms with Crippen LogP contribution >= 0.6 is 22.9 Å². The van der Waals surface area contributed by atoms with Crippen molar-refractivity contribution in [3.05, 3.63) is 56.7 Å². The summed E-state index contributed by atoms with van der Waals surface area (Å²) in [6.07, 6.45) is -4.30. The molecule has 1 atom stereocenters. The maximum absolute atomic E-state index is 12.6. The third-order valence-electron chi connectivity index (χ3n) is 2.95. The Morgan fingerprint density at radius 1 is 1.30 bits per heavy atom. The Morgan fingerprint density at radius 2 is 2.05 bits per heavy atom. The van der Waals surface area contributed by atoms with Crippen molar-refractivity contribution in [2.75, 3.05) is 0 Å². The second-order valence-corrected chi connectivity index (χ2v) is 6.03. The highest BCUT2D eigenvalue weighted by Crippen LogP contribution is 2.30. The molecule has 1 aromatic carbocycles. The fourth-order valence-electron chi connectivity index (χ4n) is 1.80. The van der Waals surface area contributed by atoms with Crippen LogP contribution in [0.5, 0.6) is 0 Å². The van der Waals surface area contributed by atoms with Gasteiger partial charge in [0.05, 0.1) is 9.90 Å². The largest absolute Gasteiger partial charge is 0.416 e. The lowest BCUT2D eigenvalue weighted by molar-refractivity contribution is -0.137. The molecule has 1 heterocycles. The topological polar surface area (TPSA) is 12.0 Å². The van der Waals surface area contributed by atoms with Crippen LogP contribution in [0.1, 0.15) is 29.7 Å². The summed E-state index contributed by atoms with van der Waals surface area (Å²) in [6.45, 7) is 2.32. The van der Waals surface area contributed by atoms with E-state index in [2.05, 4.69) is 5.32 Å². The summed E-state index contributed by atoms with van der Waals surface area (Å²) in [7, 11) is 0. The fourth-order valence-corrected chi connectivity index (χ4v) is 2.78. The number of halogens is 4. The fraction of sp³-hybridized carbons (Fsp3) is 0.286. The first-order valence-corrected chi connectivity index (χ1v) is 7.25. The lowest BCUT2D eigenvalue weighted by Gasteiger charge is -2.13. The molecule has 1 N–H and O–H groups in total. The summed E-state index contributed by atoms with van der Waals surface area (Å²) >= 11 is 7.30. The van der Waals surface area contributed by atoms with Crippen molar-refractivity contribution in [1.82, 2.24) is 5.32 Å². The highest BCUT2D eigenvalue weighted by atomic mass is 35.5. The maximum Gasteiger partial charge on any atom is 0.416 e. The van der Waals surface area contributed by atoms with E-state index in [1.54, 1.807) is 6.07 Å². The summed E-state index contributed by atoms with van der Waals surface area (Å²) in [4.78, 5) is 0. The lowest BCUT2D eigenvalue weighted by Crippen LogP contribution is -2.18. The molecule has 2 rings (SSSR count). The molecule has 1 nitrogen and oxygen atoms in total. The standard InChI is InChI=1S/C14H13ClF3NS/c1-9(11-6-13(15)20-8-11)19-7-10-3-2-4-12(5-10)14(16,17)18/h2-6,8-9,19H,7H2,1H3. The van der Waals surface area contributed by atoms with E-state index in [1.165, 1.54) is 23.5 Å². The van der Waals surface area contributed by atoms with E-state index in [0.29, 0.717) is 16.4 Å². The van der Waals surface area contributed by atoms with E-state index < -0.39 is 11.7 Å². The first-order chi connectivity index (χ1) is 9.36. The number of thiophene rings is 1. The third kappa shape index (κ3) is 3.98. The summed E-state index contributed by atoms with van der Waals surface area (Å²) in [5, 5.41) is 5.12. The van der Waals surface area contributed by atoms with Gasteiger partial charge >= 0.3 is 6.18 Å². The highest BCUT2D eigenvalue weighted by Gasteiger charge is 2.30. The summed E-state index contributed by atoms with van der Waals surface area (Å²) in [6, 6.07) is 7.23. The third-order valence-corrected chi connectivity index (χ3v) is 4.06. The van der Waals surface area contributed by atoms with Crippen molar-refractivity contribution < 1.29 is 13.2 Å². The molecule has 0 bridgehead atoms. The molecule has 0 radical (unpaired) electrons. The molecular formula is C14H13ClF3NS. The van der Waals surface area contributed by atoms with E-state index in [-0.39, 0.29) is 6.04 Å². The molecule has 0 aliphatic heterocycles. The number of nitrogens with one attached hydrogen (secondary N) is 1. The molecule has 1 aromatic heterocycles. The van der Waals surface area contributed by atoms with Crippen molar-refractivity contribution in [3.8, 4) is 0 Å². The van der Waals surface area contributed by atoms with Gasteiger partial charge in [0.15, 0.2) is 0 Å². The van der Waals surface area contributed by atoms with Crippen LogP contribution in [0, 0.1) is 0 Å². The SMILES string of the molecule is CC(NCc1cccc(C(F)(F)F)c1)c1csc(Cl)c1. The zero-order valence-electron chi connectivity index (χ0n) is 10.7. The molecule has 6 heteroatoms. The molecule has 0 amide bonds. The average Bonchev–Trinajstić information content (AvgIpc) is 2.82. The lowest BCUT2D eigenvalue weighted by atomic mass is 10.1. The summed E-state index contributed by atoms with van der Waals surface area (Å²) in [5.41, 5.74) is 1.02. The Balaban J connectivity index is 2.00. The first kappa shape index (κ1) is 15.4. The average molecular weight is 320 g/mol. The van der Waals surface area contributed by atoms with E-state index in [1.807, 2.05) is 18.4 Å². The molecule has 108 valence electrons. The van der Waals surface area contributed by atoms with Gasteiger partial charge in [0, 0.05) is 12.6 Å². The van der Waals surface area contributed by atoms with Crippen molar-refractivity contribution in [3.63, 3.8) is 0 Å². The van der Waals surface area contributed by atoms with Gasteiger partial charge in [-0.3, -0.25) is 0 Å². The Hall–Kier alpha value is -1.04. The van der Waals surface area contributed by atoms with Gasteiger partial charge < -0.3 is 5.32 Å². The Morgan fingerprint density at radius 3 is 2.65 bits per heavy atom. The molecule has 1 unspecified atom stereocenters. The number of rotatable bonds is 4. The predicted octanol–water partition coefficient (Wildman–Crippen LogP) is 5.27. The maximum atomic E-state index is 12.6. The van der Waals surface area contributed by atoms with Crippen LogP contribution in [-0.2, 0) is 12.7 Å². The van der Waals surface area contributed by atoms with Gasteiger partial charge in [-0.05, 0) is 35.6 Å². The molecule has 0 aliphatic rings. The first-order valence-electron chi connectivity index (χ1n) is 5.99. The molecule has 20 heavy (non-hydrogen) atoms. The summed E-state index contributed by atoms with van der Waals surface area (Å²) < 4.78 is 38.5. The molecule has 0 aliphatic carbocycles. The van der Waals surface area contributed by atoms with E-state index in [0.717, 1.165) is 11.6 Å². The Bertz CT molecular complexity index is 580. The number of benzene rings is 1. The number of alkyl halides is 3. The smallest absolute Gasteiger partial charge is 0.306 e. The van der Waals surface area contributed by atoms with Crippen LogP contribution in [-0.4, -0.2) is 0 Å². The van der Waals surface area contributed by atoms with Gasteiger partial charge in [0.2, 0.25) is 0 Å². The molecule has 0 saturated heterocycles. The van der Waals surface area contributed by atoms with Crippen LogP contribution in [0.25, 0.3) is 0 Å². The second kappa shape index (κ2) is 6.16. The van der Waals surface area contributed by atoms with Gasteiger partial charge in [-0.25, -0.2) is 0 Å².